The second-order valence-electron chi connectivity index (χ2n) is 7.88. The van der Waals surface area contributed by atoms with Crippen molar-refractivity contribution in [1.29, 1.82) is 0 Å². The lowest BCUT2D eigenvalue weighted by Gasteiger charge is -2.35. The average molecular weight is 361 g/mol. The summed E-state index contributed by atoms with van der Waals surface area (Å²) in [5.41, 5.74) is 1.39. The Morgan fingerprint density at radius 3 is 2.50 bits per heavy atom. The zero-order valence-corrected chi connectivity index (χ0v) is 16.2. The summed E-state index contributed by atoms with van der Waals surface area (Å²) in [6.45, 7) is 6.89. The van der Waals surface area contributed by atoms with Crippen LogP contribution in [0, 0.1) is 0 Å². The van der Waals surface area contributed by atoms with E-state index in [0.717, 1.165) is 38.3 Å². The first-order chi connectivity index (χ1) is 12.8. The molecule has 0 bridgehead atoms. The average Bonchev–Trinajstić information content (AvgIpc) is 2.69. The molecule has 0 aliphatic carbocycles. The Labute approximate surface area is 159 Å². The molecule has 4 heteroatoms. The number of hydrogen-bond donors (Lipinski definition) is 1. The smallest absolute Gasteiger partial charge is 0.119 e. The van der Waals surface area contributed by atoms with E-state index in [-0.39, 0.29) is 0 Å². The van der Waals surface area contributed by atoms with Gasteiger partial charge in [-0.1, -0.05) is 25.0 Å². The van der Waals surface area contributed by atoms with Crippen molar-refractivity contribution in [1.82, 2.24) is 9.80 Å². The molecular formula is C22H36N2O2. The van der Waals surface area contributed by atoms with Crippen LogP contribution in [-0.4, -0.2) is 60.3 Å². The minimum Gasteiger partial charge on any atom is -0.494 e. The molecule has 146 valence electrons. The summed E-state index contributed by atoms with van der Waals surface area (Å²) in [5.74, 6) is 0.984. The Hall–Kier alpha value is -1.10. The number of hydrogen-bond acceptors (Lipinski definition) is 4. The van der Waals surface area contributed by atoms with E-state index in [2.05, 4.69) is 34.1 Å². The molecule has 2 heterocycles. The summed E-state index contributed by atoms with van der Waals surface area (Å²) < 4.78 is 5.95. The molecule has 1 aromatic carbocycles. The summed E-state index contributed by atoms with van der Waals surface area (Å²) >= 11 is 0. The van der Waals surface area contributed by atoms with Crippen LogP contribution in [-0.2, 0) is 6.54 Å². The lowest BCUT2D eigenvalue weighted by atomic mass is 9.99. The molecular weight excluding hydrogens is 324 g/mol. The van der Waals surface area contributed by atoms with Gasteiger partial charge in [-0.2, -0.15) is 0 Å². The standard InChI is InChI=1S/C22H36N2O2/c25-17-12-21-7-2-5-15-24(21)16-6-18-26-22-10-8-20(9-11-22)19-23-13-3-1-4-14-23/h8-11,21,25H,1-7,12-19H2. The number of ether oxygens (including phenoxy) is 1. The maximum absolute atomic E-state index is 9.23. The fourth-order valence-corrected chi connectivity index (χ4v) is 4.35. The van der Waals surface area contributed by atoms with Gasteiger partial charge in [-0.05, 0) is 75.9 Å². The van der Waals surface area contributed by atoms with E-state index in [1.54, 1.807) is 0 Å². The summed E-state index contributed by atoms with van der Waals surface area (Å²) in [4.78, 5) is 5.10. The van der Waals surface area contributed by atoms with Gasteiger partial charge in [0.15, 0.2) is 0 Å². The first-order valence-electron chi connectivity index (χ1n) is 10.6. The van der Waals surface area contributed by atoms with Crippen LogP contribution in [0.1, 0.15) is 56.9 Å². The molecule has 0 spiro atoms. The fourth-order valence-electron chi connectivity index (χ4n) is 4.35. The largest absolute Gasteiger partial charge is 0.494 e. The Balaban J connectivity index is 1.35. The molecule has 1 unspecified atom stereocenters. The quantitative estimate of drug-likeness (QED) is 0.682. The van der Waals surface area contributed by atoms with Gasteiger partial charge in [-0.3, -0.25) is 4.90 Å². The van der Waals surface area contributed by atoms with Crippen LogP contribution < -0.4 is 4.74 Å². The molecule has 1 atom stereocenters. The summed E-state index contributed by atoms with van der Waals surface area (Å²) in [7, 11) is 0. The molecule has 0 amide bonds. The molecule has 2 aliphatic heterocycles. The third-order valence-electron chi connectivity index (χ3n) is 5.85. The third kappa shape index (κ3) is 6.26. The van der Waals surface area contributed by atoms with Gasteiger partial charge in [0, 0.05) is 25.7 Å². The van der Waals surface area contributed by atoms with Crippen molar-refractivity contribution in [2.45, 2.75) is 64.0 Å². The molecule has 4 nitrogen and oxygen atoms in total. The van der Waals surface area contributed by atoms with E-state index in [0.29, 0.717) is 12.6 Å². The summed E-state index contributed by atoms with van der Waals surface area (Å²) in [6, 6.07) is 9.24. The predicted molar refractivity (Wildman–Crippen MR) is 107 cm³/mol. The zero-order valence-electron chi connectivity index (χ0n) is 16.2. The number of aliphatic hydroxyl groups is 1. The van der Waals surface area contributed by atoms with Crippen molar-refractivity contribution in [3.05, 3.63) is 29.8 Å². The first-order valence-corrected chi connectivity index (χ1v) is 10.6. The van der Waals surface area contributed by atoms with Crippen LogP contribution in [0.4, 0.5) is 0 Å². The van der Waals surface area contributed by atoms with Crippen molar-refractivity contribution >= 4 is 0 Å². The van der Waals surface area contributed by atoms with Gasteiger partial charge in [-0.25, -0.2) is 0 Å². The molecule has 2 fully saturated rings. The highest BCUT2D eigenvalue weighted by molar-refractivity contribution is 5.27. The second-order valence-corrected chi connectivity index (χ2v) is 7.88. The fraction of sp³-hybridized carbons (Fsp3) is 0.727. The van der Waals surface area contributed by atoms with Gasteiger partial charge < -0.3 is 14.7 Å². The van der Waals surface area contributed by atoms with E-state index in [9.17, 15) is 5.11 Å². The molecule has 3 rings (SSSR count). The van der Waals surface area contributed by atoms with Crippen LogP contribution in [0.2, 0.25) is 0 Å². The van der Waals surface area contributed by atoms with E-state index < -0.39 is 0 Å². The van der Waals surface area contributed by atoms with Gasteiger partial charge in [0.1, 0.15) is 5.75 Å². The van der Waals surface area contributed by atoms with Gasteiger partial charge in [0.25, 0.3) is 0 Å². The second kappa shape index (κ2) is 10.9. The first kappa shape index (κ1) is 19.7. The van der Waals surface area contributed by atoms with Crippen molar-refractivity contribution in [3.8, 4) is 5.75 Å². The van der Waals surface area contributed by atoms with Crippen LogP contribution in [0.15, 0.2) is 24.3 Å². The monoisotopic (exact) mass is 360 g/mol. The minimum absolute atomic E-state index is 0.307. The van der Waals surface area contributed by atoms with E-state index in [4.69, 9.17) is 4.74 Å². The lowest BCUT2D eigenvalue weighted by molar-refractivity contribution is 0.112. The number of nitrogens with zero attached hydrogens (tertiary/aromatic N) is 2. The predicted octanol–water partition coefficient (Wildman–Crippen LogP) is 3.68. The highest BCUT2D eigenvalue weighted by Gasteiger charge is 2.21. The van der Waals surface area contributed by atoms with Gasteiger partial charge in [-0.15, -0.1) is 0 Å². The van der Waals surface area contributed by atoms with Crippen LogP contribution in [0.25, 0.3) is 0 Å². The van der Waals surface area contributed by atoms with Crippen LogP contribution in [0.5, 0.6) is 5.75 Å². The maximum atomic E-state index is 9.23. The third-order valence-corrected chi connectivity index (χ3v) is 5.85. The van der Waals surface area contributed by atoms with Crippen LogP contribution >= 0.6 is 0 Å². The van der Waals surface area contributed by atoms with E-state index in [1.165, 1.54) is 63.7 Å². The van der Waals surface area contributed by atoms with Crippen molar-refractivity contribution < 1.29 is 9.84 Å². The number of rotatable bonds is 9. The van der Waals surface area contributed by atoms with Crippen LogP contribution in [0.3, 0.4) is 0 Å². The normalized spacial score (nSPS) is 22.4. The molecule has 1 N–H and O–H groups in total. The SMILES string of the molecule is OCCC1CCCCN1CCCOc1ccc(CN2CCCCC2)cc1. The Bertz CT molecular complexity index is 497. The maximum Gasteiger partial charge on any atom is 0.119 e. The topological polar surface area (TPSA) is 35.9 Å². The lowest BCUT2D eigenvalue weighted by Crippen LogP contribution is -2.40. The molecule has 2 aliphatic rings. The number of aliphatic hydroxyl groups excluding tert-OH is 1. The molecule has 0 radical (unpaired) electrons. The number of piperidine rings is 2. The minimum atomic E-state index is 0.307. The highest BCUT2D eigenvalue weighted by Crippen LogP contribution is 2.20. The number of likely N-dealkylation sites (tertiary alicyclic amines) is 2. The van der Waals surface area contributed by atoms with Gasteiger partial charge in [0.05, 0.1) is 6.61 Å². The Morgan fingerprint density at radius 2 is 1.73 bits per heavy atom. The van der Waals surface area contributed by atoms with E-state index >= 15 is 0 Å². The van der Waals surface area contributed by atoms with E-state index in [1.807, 2.05) is 0 Å². The molecule has 0 aromatic heterocycles. The summed E-state index contributed by atoms with van der Waals surface area (Å²) in [6.07, 6.45) is 9.88. The highest BCUT2D eigenvalue weighted by atomic mass is 16.5. The van der Waals surface area contributed by atoms with Crippen molar-refractivity contribution in [2.75, 3.05) is 39.4 Å². The van der Waals surface area contributed by atoms with Crippen molar-refractivity contribution in [3.63, 3.8) is 0 Å². The Morgan fingerprint density at radius 1 is 0.962 bits per heavy atom. The molecule has 0 saturated carbocycles. The van der Waals surface area contributed by atoms with Gasteiger partial charge in [0.2, 0.25) is 0 Å². The number of benzene rings is 1. The molecule has 2 saturated heterocycles. The van der Waals surface area contributed by atoms with Gasteiger partial charge >= 0.3 is 0 Å². The molecule has 1 aromatic rings. The molecule has 26 heavy (non-hydrogen) atoms. The Kier molecular flexibility index (Phi) is 8.24. The summed E-state index contributed by atoms with van der Waals surface area (Å²) in [5, 5.41) is 9.23. The van der Waals surface area contributed by atoms with Crippen molar-refractivity contribution in [2.24, 2.45) is 0 Å². The zero-order chi connectivity index (χ0) is 18.0.